The lowest BCUT2D eigenvalue weighted by Gasteiger charge is -2.30. The molecule has 0 saturated carbocycles. The van der Waals surface area contributed by atoms with Crippen LogP contribution in [0.4, 0.5) is 0 Å². The van der Waals surface area contributed by atoms with Gasteiger partial charge in [-0.25, -0.2) is 0 Å². The summed E-state index contributed by atoms with van der Waals surface area (Å²) in [5.74, 6) is 0.580. The average molecular weight is 283 g/mol. The molecule has 0 aromatic heterocycles. The summed E-state index contributed by atoms with van der Waals surface area (Å²) >= 11 is 0. The van der Waals surface area contributed by atoms with Crippen molar-refractivity contribution in [3.63, 3.8) is 0 Å². The third-order valence-electron chi connectivity index (χ3n) is 4.66. The third kappa shape index (κ3) is 4.74. The van der Waals surface area contributed by atoms with Gasteiger partial charge in [0.25, 0.3) is 0 Å². The molecular formula is C16H33N3O. The van der Waals surface area contributed by atoms with E-state index in [4.69, 9.17) is 5.73 Å². The normalized spacial score (nSPS) is 19.1. The summed E-state index contributed by atoms with van der Waals surface area (Å²) in [6, 6.07) is 0.586. The van der Waals surface area contributed by atoms with Crippen molar-refractivity contribution in [3.8, 4) is 0 Å². The maximum Gasteiger partial charge on any atom is 0.225 e. The van der Waals surface area contributed by atoms with Gasteiger partial charge in [0.15, 0.2) is 0 Å². The van der Waals surface area contributed by atoms with Gasteiger partial charge in [0.05, 0.1) is 0 Å². The Morgan fingerprint density at radius 3 is 2.30 bits per heavy atom. The second kappa shape index (κ2) is 9.35. The molecule has 1 saturated heterocycles. The number of carbonyl (C=O) groups excluding carboxylic acids is 1. The van der Waals surface area contributed by atoms with E-state index in [1.165, 1.54) is 0 Å². The maximum absolute atomic E-state index is 12.5. The van der Waals surface area contributed by atoms with E-state index in [-0.39, 0.29) is 5.92 Å². The fourth-order valence-corrected chi connectivity index (χ4v) is 3.26. The Bertz CT molecular complexity index is 279. The minimum Gasteiger partial charge on any atom is -0.341 e. The zero-order valence-corrected chi connectivity index (χ0v) is 13.6. The van der Waals surface area contributed by atoms with Crippen molar-refractivity contribution in [2.24, 2.45) is 11.7 Å². The summed E-state index contributed by atoms with van der Waals surface area (Å²) in [7, 11) is 0. The van der Waals surface area contributed by atoms with Crippen LogP contribution < -0.4 is 5.73 Å². The molecule has 1 aliphatic rings. The van der Waals surface area contributed by atoms with Gasteiger partial charge in [-0.1, -0.05) is 20.8 Å². The van der Waals surface area contributed by atoms with Crippen LogP contribution in [-0.2, 0) is 4.79 Å². The van der Waals surface area contributed by atoms with Crippen LogP contribution in [0.1, 0.15) is 52.9 Å². The Balaban J connectivity index is 2.56. The molecular weight excluding hydrogens is 250 g/mol. The number of hydrogen-bond donors (Lipinski definition) is 1. The highest BCUT2D eigenvalue weighted by atomic mass is 16.2. The predicted molar refractivity (Wildman–Crippen MR) is 84.6 cm³/mol. The summed E-state index contributed by atoms with van der Waals surface area (Å²) in [6.45, 7) is 11.1. The number of amides is 1. The van der Waals surface area contributed by atoms with Crippen molar-refractivity contribution in [1.82, 2.24) is 9.80 Å². The van der Waals surface area contributed by atoms with Crippen LogP contribution in [0.5, 0.6) is 0 Å². The van der Waals surface area contributed by atoms with Crippen molar-refractivity contribution >= 4 is 5.91 Å². The van der Waals surface area contributed by atoms with Crippen LogP contribution in [0, 0.1) is 5.92 Å². The number of nitrogens with zero attached hydrogens (tertiary/aromatic N) is 2. The first-order valence-electron chi connectivity index (χ1n) is 8.40. The lowest BCUT2D eigenvalue weighted by Crippen LogP contribution is -2.41. The molecule has 0 aromatic rings. The summed E-state index contributed by atoms with van der Waals surface area (Å²) in [5.41, 5.74) is 5.71. The second-order valence-electron chi connectivity index (χ2n) is 5.87. The Kier molecular flexibility index (Phi) is 8.15. The highest BCUT2D eigenvalue weighted by molar-refractivity contribution is 5.78. The average Bonchev–Trinajstić information content (AvgIpc) is 2.71. The monoisotopic (exact) mass is 283 g/mol. The zero-order valence-electron chi connectivity index (χ0n) is 13.6. The van der Waals surface area contributed by atoms with Crippen molar-refractivity contribution in [1.29, 1.82) is 0 Å². The maximum atomic E-state index is 12.5. The molecule has 1 fully saturated rings. The fraction of sp³-hybridized carbons (Fsp3) is 0.938. The standard InChI is InChI=1S/C16H33N3O/c1-4-14(5-2)16(20)19-11-7-10-18(12-13-19)15(6-3)8-9-17/h14-15H,4-13,17H2,1-3H3. The number of rotatable bonds is 7. The molecule has 0 radical (unpaired) electrons. The molecule has 2 N–H and O–H groups in total. The Morgan fingerprint density at radius 2 is 1.75 bits per heavy atom. The molecule has 4 heteroatoms. The minimum atomic E-state index is 0.215. The van der Waals surface area contributed by atoms with E-state index in [1.54, 1.807) is 0 Å². The fourth-order valence-electron chi connectivity index (χ4n) is 3.26. The lowest BCUT2D eigenvalue weighted by molar-refractivity contribution is -0.135. The van der Waals surface area contributed by atoms with Crippen LogP contribution in [0.3, 0.4) is 0 Å². The van der Waals surface area contributed by atoms with Crippen LogP contribution in [-0.4, -0.2) is 54.5 Å². The third-order valence-corrected chi connectivity index (χ3v) is 4.66. The highest BCUT2D eigenvalue weighted by Crippen LogP contribution is 2.16. The number of hydrogen-bond acceptors (Lipinski definition) is 3. The topological polar surface area (TPSA) is 49.6 Å². The first-order chi connectivity index (χ1) is 9.67. The molecule has 0 spiro atoms. The molecule has 118 valence electrons. The molecule has 1 heterocycles. The van der Waals surface area contributed by atoms with Gasteiger partial charge in [0.1, 0.15) is 0 Å². The van der Waals surface area contributed by atoms with Gasteiger partial charge in [-0.15, -0.1) is 0 Å². The molecule has 4 nitrogen and oxygen atoms in total. The van der Waals surface area contributed by atoms with E-state index in [0.717, 1.165) is 64.8 Å². The molecule has 1 rings (SSSR count). The van der Waals surface area contributed by atoms with Crippen molar-refractivity contribution < 1.29 is 4.79 Å². The second-order valence-corrected chi connectivity index (χ2v) is 5.87. The molecule has 0 aromatic carbocycles. The summed E-state index contributed by atoms with van der Waals surface area (Å²) < 4.78 is 0. The minimum absolute atomic E-state index is 0.215. The van der Waals surface area contributed by atoms with Crippen molar-refractivity contribution in [3.05, 3.63) is 0 Å². The molecule has 0 aliphatic carbocycles. The summed E-state index contributed by atoms with van der Waals surface area (Å²) in [4.78, 5) is 17.1. The van der Waals surface area contributed by atoms with Crippen LogP contribution in [0.2, 0.25) is 0 Å². The van der Waals surface area contributed by atoms with E-state index < -0.39 is 0 Å². The van der Waals surface area contributed by atoms with Crippen molar-refractivity contribution in [2.75, 3.05) is 32.7 Å². The van der Waals surface area contributed by atoms with Gasteiger partial charge in [0, 0.05) is 38.1 Å². The van der Waals surface area contributed by atoms with Crippen LogP contribution >= 0.6 is 0 Å². The number of nitrogens with two attached hydrogens (primary N) is 1. The van der Waals surface area contributed by atoms with Crippen molar-refractivity contribution in [2.45, 2.75) is 58.9 Å². The lowest BCUT2D eigenvalue weighted by atomic mass is 10.0. The molecule has 20 heavy (non-hydrogen) atoms. The Labute approximate surface area is 124 Å². The number of carbonyl (C=O) groups is 1. The van der Waals surface area contributed by atoms with Gasteiger partial charge in [-0.3, -0.25) is 9.69 Å². The van der Waals surface area contributed by atoms with Gasteiger partial charge >= 0.3 is 0 Å². The van der Waals surface area contributed by atoms with E-state index in [9.17, 15) is 4.79 Å². The van der Waals surface area contributed by atoms with Gasteiger partial charge in [0.2, 0.25) is 5.91 Å². The first kappa shape index (κ1) is 17.4. The van der Waals surface area contributed by atoms with Gasteiger partial charge in [-0.2, -0.15) is 0 Å². The molecule has 1 atom stereocenters. The quantitative estimate of drug-likeness (QED) is 0.778. The van der Waals surface area contributed by atoms with Gasteiger partial charge < -0.3 is 10.6 Å². The van der Waals surface area contributed by atoms with Crippen LogP contribution in [0.25, 0.3) is 0 Å². The highest BCUT2D eigenvalue weighted by Gasteiger charge is 2.25. The molecule has 0 bridgehead atoms. The smallest absolute Gasteiger partial charge is 0.225 e. The van der Waals surface area contributed by atoms with E-state index in [0.29, 0.717) is 11.9 Å². The molecule has 1 unspecified atom stereocenters. The van der Waals surface area contributed by atoms with E-state index in [2.05, 4.69) is 30.6 Å². The molecule has 1 aliphatic heterocycles. The van der Waals surface area contributed by atoms with Gasteiger partial charge in [-0.05, 0) is 38.6 Å². The Morgan fingerprint density at radius 1 is 1.05 bits per heavy atom. The SMILES string of the molecule is CCC(CC)C(=O)N1CCCN(C(CC)CCN)CC1. The molecule has 1 amide bonds. The zero-order chi connectivity index (χ0) is 15.0. The largest absolute Gasteiger partial charge is 0.341 e. The first-order valence-corrected chi connectivity index (χ1v) is 8.40. The van der Waals surface area contributed by atoms with E-state index >= 15 is 0 Å². The Hall–Kier alpha value is -0.610. The summed E-state index contributed by atoms with van der Waals surface area (Å²) in [5, 5.41) is 0. The predicted octanol–water partition coefficient (Wildman–Crippen LogP) is 2.08. The van der Waals surface area contributed by atoms with E-state index in [1.807, 2.05) is 0 Å². The summed E-state index contributed by atoms with van der Waals surface area (Å²) in [6.07, 6.45) is 5.22. The van der Waals surface area contributed by atoms with Crippen LogP contribution in [0.15, 0.2) is 0 Å².